The molecule has 0 aliphatic rings. The minimum Gasteiger partial charge on any atom is -0.480 e. The lowest BCUT2D eigenvalue weighted by atomic mass is 10.1. The zero-order chi connectivity index (χ0) is 13.0. The fraction of sp³-hybridized carbons (Fsp3) is 0.167. The van der Waals surface area contributed by atoms with Crippen LogP contribution >= 0.6 is 0 Å². The summed E-state index contributed by atoms with van der Waals surface area (Å²) in [5.74, 6) is -0.646. The number of nitrogens with zero attached hydrogens (tertiary/aromatic N) is 3. The summed E-state index contributed by atoms with van der Waals surface area (Å²) in [6.45, 7) is 0. The summed E-state index contributed by atoms with van der Waals surface area (Å²) < 4.78 is 0. The summed E-state index contributed by atoms with van der Waals surface area (Å²) >= 11 is 0. The fourth-order valence-electron chi connectivity index (χ4n) is 1.46. The Labute approximate surface area is 104 Å². The van der Waals surface area contributed by atoms with E-state index in [4.69, 9.17) is 10.8 Å². The van der Waals surface area contributed by atoms with Crippen molar-refractivity contribution in [3.8, 4) is 11.3 Å². The van der Waals surface area contributed by atoms with Gasteiger partial charge in [0.2, 0.25) is 0 Å². The minimum atomic E-state index is -1.06. The molecule has 0 saturated carbocycles. The van der Waals surface area contributed by atoms with Crippen LogP contribution in [-0.4, -0.2) is 32.1 Å². The van der Waals surface area contributed by atoms with Crippen LogP contribution < -0.4 is 5.73 Å². The molecule has 6 heteroatoms. The number of carboxylic acid groups (broad SMARTS) is 1. The van der Waals surface area contributed by atoms with Crippen molar-refractivity contribution in [3.63, 3.8) is 0 Å². The molecule has 0 aromatic carbocycles. The molecule has 0 aliphatic carbocycles. The Balaban J connectivity index is 2.23. The first-order valence-corrected chi connectivity index (χ1v) is 5.37. The van der Waals surface area contributed by atoms with Gasteiger partial charge >= 0.3 is 5.97 Å². The van der Waals surface area contributed by atoms with Gasteiger partial charge in [0.15, 0.2) is 0 Å². The molecule has 2 aromatic rings. The summed E-state index contributed by atoms with van der Waals surface area (Å²) in [6.07, 6.45) is 5.03. The average molecular weight is 244 g/mol. The number of pyridine rings is 1. The first-order chi connectivity index (χ1) is 8.66. The Hall–Kier alpha value is -2.34. The van der Waals surface area contributed by atoms with E-state index in [1.54, 1.807) is 24.7 Å². The molecule has 2 heterocycles. The van der Waals surface area contributed by atoms with Crippen LogP contribution in [0.1, 0.15) is 5.82 Å². The smallest absolute Gasteiger partial charge is 0.320 e. The summed E-state index contributed by atoms with van der Waals surface area (Å²) in [5, 5.41) is 8.74. The van der Waals surface area contributed by atoms with Gasteiger partial charge in [0.1, 0.15) is 11.9 Å². The van der Waals surface area contributed by atoms with Crippen LogP contribution in [0.3, 0.4) is 0 Å². The van der Waals surface area contributed by atoms with E-state index in [1.807, 2.05) is 12.1 Å². The van der Waals surface area contributed by atoms with Gasteiger partial charge in [0, 0.05) is 30.6 Å². The standard InChI is InChI=1S/C12H12N4O2/c13-9(12(17)18)7-11-15-6-3-10(16-11)8-1-4-14-5-2-8/h1-6,9H,7,13H2,(H,17,18). The van der Waals surface area contributed by atoms with E-state index in [2.05, 4.69) is 15.0 Å². The maximum Gasteiger partial charge on any atom is 0.320 e. The van der Waals surface area contributed by atoms with Crippen LogP contribution in [0.15, 0.2) is 36.8 Å². The van der Waals surface area contributed by atoms with Gasteiger partial charge in [-0.1, -0.05) is 0 Å². The molecule has 0 radical (unpaired) electrons. The lowest BCUT2D eigenvalue weighted by molar-refractivity contribution is -0.138. The molecule has 3 N–H and O–H groups in total. The van der Waals surface area contributed by atoms with Gasteiger partial charge in [-0.2, -0.15) is 0 Å². The molecule has 0 aliphatic heterocycles. The van der Waals surface area contributed by atoms with E-state index < -0.39 is 12.0 Å². The second kappa shape index (κ2) is 5.33. The van der Waals surface area contributed by atoms with E-state index >= 15 is 0 Å². The van der Waals surface area contributed by atoms with E-state index in [0.717, 1.165) is 11.3 Å². The minimum absolute atomic E-state index is 0.105. The largest absolute Gasteiger partial charge is 0.480 e. The van der Waals surface area contributed by atoms with Crippen LogP contribution in [-0.2, 0) is 11.2 Å². The highest BCUT2D eigenvalue weighted by Crippen LogP contribution is 2.14. The van der Waals surface area contributed by atoms with Crippen molar-refractivity contribution in [1.82, 2.24) is 15.0 Å². The Bertz CT molecular complexity index is 545. The average Bonchev–Trinajstić information content (AvgIpc) is 2.40. The van der Waals surface area contributed by atoms with Crippen LogP contribution in [0.4, 0.5) is 0 Å². The second-order valence-corrected chi connectivity index (χ2v) is 3.74. The zero-order valence-corrected chi connectivity index (χ0v) is 9.52. The Morgan fingerprint density at radius 3 is 2.67 bits per heavy atom. The van der Waals surface area contributed by atoms with Crippen molar-refractivity contribution >= 4 is 5.97 Å². The molecule has 2 aromatic heterocycles. The number of aliphatic carboxylic acids is 1. The fourth-order valence-corrected chi connectivity index (χ4v) is 1.46. The quantitative estimate of drug-likeness (QED) is 0.811. The molecule has 0 spiro atoms. The first kappa shape index (κ1) is 12.1. The van der Waals surface area contributed by atoms with Crippen LogP contribution in [0, 0.1) is 0 Å². The molecule has 18 heavy (non-hydrogen) atoms. The van der Waals surface area contributed by atoms with Gasteiger partial charge < -0.3 is 10.8 Å². The highest BCUT2D eigenvalue weighted by Gasteiger charge is 2.14. The van der Waals surface area contributed by atoms with Crippen molar-refractivity contribution in [2.45, 2.75) is 12.5 Å². The third-order valence-electron chi connectivity index (χ3n) is 2.40. The van der Waals surface area contributed by atoms with Gasteiger partial charge in [0.25, 0.3) is 0 Å². The van der Waals surface area contributed by atoms with Crippen molar-refractivity contribution in [2.75, 3.05) is 0 Å². The molecule has 0 saturated heterocycles. The number of hydrogen-bond donors (Lipinski definition) is 2. The first-order valence-electron chi connectivity index (χ1n) is 5.37. The Kier molecular flexibility index (Phi) is 3.59. The lowest BCUT2D eigenvalue weighted by Crippen LogP contribution is -2.32. The van der Waals surface area contributed by atoms with E-state index in [0.29, 0.717) is 5.82 Å². The maximum absolute atomic E-state index is 10.7. The molecule has 6 nitrogen and oxygen atoms in total. The van der Waals surface area contributed by atoms with Gasteiger partial charge in [-0.15, -0.1) is 0 Å². The van der Waals surface area contributed by atoms with Crippen LogP contribution in [0.5, 0.6) is 0 Å². The second-order valence-electron chi connectivity index (χ2n) is 3.74. The Morgan fingerprint density at radius 1 is 1.28 bits per heavy atom. The normalized spacial score (nSPS) is 12.1. The van der Waals surface area contributed by atoms with Crippen molar-refractivity contribution in [3.05, 3.63) is 42.6 Å². The molecule has 0 fully saturated rings. The molecular formula is C12H12N4O2. The lowest BCUT2D eigenvalue weighted by Gasteiger charge is -2.06. The van der Waals surface area contributed by atoms with E-state index in [1.165, 1.54) is 0 Å². The third-order valence-corrected chi connectivity index (χ3v) is 2.40. The van der Waals surface area contributed by atoms with Crippen molar-refractivity contribution < 1.29 is 9.90 Å². The van der Waals surface area contributed by atoms with Gasteiger partial charge in [-0.25, -0.2) is 9.97 Å². The molecule has 0 amide bonds. The van der Waals surface area contributed by atoms with Crippen LogP contribution in [0.2, 0.25) is 0 Å². The molecule has 0 bridgehead atoms. The predicted octanol–water partition coefficient (Wildman–Crippen LogP) is 0.493. The molecule has 1 unspecified atom stereocenters. The SMILES string of the molecule is NC(Cc1nccc(-c2ccncc2)n1)C(=O)O. The summed E-state index contributed by atoms with van der Waals surface area (Å²) in [6, 6.07) is 4.41. The highest BCUT2D eigenvalue weighted by atomic mass is 16.4. The molecule has 2 rings (SSSR count). The van der Waals surface area contributed by atoms with Gasteiger partial charge in [-0.05, 0) is 18.2 Å². The van der Waals surface area contributed by atoms with Crippen molar-refractivity contribution in [1.29, 1.82) is 0 Å². The topological polar surface area (TPSA) is 102 Å². The predicted molar refractivity (Wildman–Crippen MR) is 64.6 cm³/mol. The molecule has 1 atom stereocenters. The summed E-state index contributed by atoms with van der Waals surface area (Å²) in [4.78, 5) is 22.9. The summed E-state index contributed by atoms with van der Waals surface area (Å²) in [5.41, 5.74) is 7.07. The van der Waals surface area contributed by atoms with E-state index in [9.17, 15) is 4.79 Å². The van der Waals surface area contributed by atoms with Gasteiger partial charge in [-0.3, -0.25) is 9.78 Å². The molecular weight excluding hydrogens is 232 g/mol. The maximum atomic E-state index is 10.7. The third kappa shape index (κ3) is 2.86. The number of carbonyl (C=O) groups is 1. The monoisotopic (exact) mass is 244 g/mol. The Morgan fingerprint density at radius 2 is 2.00 bits per heavy atom. The van der Waals surface area contributed by atoms with Crippen LogP contribution in [0.25, 0.3) is 11.3 Å². The highest BCUT2D eigenvalue weighted by molar-refractivity contribution is 5.73. The number of nitrogens with two attached hydrogens (primary N) is 1. The van der Waals surface area contributed by atoms with E-state index in [-0.39, 0.29) is 6.42 Å². The number of rotatable bonds is 4. The number of carboxylic acids is 1. The summed E-state index contributed by atoms with van der Waals surface area (Å²) in [7, 11) is 0. The van der Waals surface area contributed by atoms with Gasteiger partial charge in [0.05, 0.1) is 5.69 Å². The number of aromatic nitrogens is 3. The number of hydrogen-bond acceptors (Lipinski definition) is 5. The van der Waals surface area contributed by atoms with Crippen molar-refractivity contribution in [2.24, 2.45) is 5.73 Å². The molecule has 92 valence electrons. The zero-order valence-electron chi connectivity index (χ0n) is 9.52.